The normalized spacial score (nSPS) is 25.8. The van der Waals surface area contributed by atoms with E-state index in [1.807, 2.05) is 23.7 Å². The number of aliphatic carboxylic acids is 1. The Labute approximate surface area is 89.9 Å². The number of carboxylic acids is 1. The Morgan fingerprint density at radius 2 is 2.21 bits per heavy atom. The SMILES string of the molecule is CC(C(=O)O)N(C)C1CCCSCC1. The van der Waals surface area contributed by atoms with Gasteiger partial charge < -0.3 is 5.11 Å². The number of rotatable bonds is 3. The van der Waals surface area contributed by atoms with Crippen molar-refractivity contribution in [3.63, 3.8) is 0 Å². The molecule has 0 aromatic rings. The predicted molar refractivity (Wildman–Crippen MR) is 59.8 cm³/mol. The van der Waals surface area contributed by atoms with Gasteiger partial charge in [-0.15, -0.1) is 0 Å². The number of hydrogen-bond donors (Lipinski definition) is 1. The Hall–Kier alpha value is -0.220. The van der Waals surface area contributed by atoms with Crippen LogP contribution in [0.25, 0.3) is 0 Å². The van der Waals surface area contributed by atoms with Crippen molar-refractivity contribution in [1.29, 1.82) is 0 Å². The zero-order chi connectivity index (χ0) is 10.6. The molecule has 1 aliphatic heterocycles. The largest absolute Gasteiger partial charge is 0.480 e. The smallest absolute Gasteiger partial charge is 0.320 e. The standard InChI is InChI=1S/C10H19NO2S/c1-8(10(12)13)11(2)9-4-3-6-14-7-5-9/h8-9H,3-7H2,1-2H3,(H,12,13). The van der Waals surface area contributed by atoms with Gasteiger partial charge in [-0.05, 0) is 44.7 Å². The summed E-state index contributed by atoms with van der Waals surface area (Å²) >= 11 is 1.98. The average Bonchev–Trinajstić information content (AvgIpc) is 2.43. The topological polar surface area (TPSA) is 40.5 Å². The Balaban J connectivity index is 2.48. The molecular weight excluding hydrogens is 198 g/mol. The lowest BCUT2D eigenvalue weighted by Crippen LogP contribution is -2.43. The molecular formula is C10H19NO2S. The lowest BCUT2D eigenvalue weighted by molar-refractivity contribution is -0.143. The molecule has 1 fully saturated rings. The van der Waals surface area contributed by atoms with Crippen LogP contribution < -0.4 is 0 Å². The van der Waals surface area contributed by atoms with E-state index in [9.17, 15) is 4.79 Å². The summed E-state index contributed by atoms with van der Waals surface area (Å²) in [5.74, 6) is 1.68. The molecule has 14 heavy (non-hydrogen) atoms. The van der Waals surface area contributed by atoms with E-state index in [0.717, 1.165) is 12.8 Å². The third kappa shape index (κ3) is 3.17. The second-order valence-corrected chi connectivity index (χ2v) is 5.10. The van der Waals surface area contributed by atoms with E-state index in [0.29, 0.717) is 6.04 Å². The first-order valence-corrected chi connectivity index (χ1v) is 6.31. The molecule has 0 radical (unpaired) electrons. The van der Waals surface area contributed by atoms with Crippen molar-refractivity contribution in [3.05, 3.63) is 0 Å². The summed E-state index contributed by atoms with van der Waals surface area (Å²) in [7, 11) is 1.93. The summed E-state index contributed by atoms with van der Waals surface area (Å²) in [6.45, 7) is 1.76. The molecule has 4 heteroatoms. The maximum Gasteiger partial charge on any atom is 0.320 e. The van der Waals surface area contributed by atoms with Gasteiger partial charge in [0.15, 0.2) is 0 Å². The molecule has 0 aromatic carbocycles. The molecule has 2 unspecified atom stereocenters. The quantitative estimate of drug-likeness (QED) is 0.781. The molecule has 1 rings (SSSR count). The first-order chi connectivity index (χ1) is 6.63. The van der Waals surface area contributed by atoms with Gasteiger partial charge in [0.1, 0.15) is 6.04 Å². The lowest BCUT2D eigenvalue weighted by Gasteiger charge is -2.29. The number of thioether (sulfide) groups is 1. The van der Waals surface area contributed by atoms with Crippen LogP contribution >= 0.6 is 11.8 Å². The van der Waals surface area contributed by atoms with Crippen molar-refractivity contribution in [2.24, 2.45) is 0 Å². The number of carbonyl (C=O) groups is 1. The van der Waals surface area contributed by atoms with Gasteiger partial charge in [0.05, 0.1) is 0 Å². The fraction of sp³-hybridized carbons (Fsp3) is 0.900. The van der Waals surface area contributed by atoms with E-state index in [2.05, 4.69) is 0 Å². The molecule has 0 saturated carbocycles. The highest BCUT2D eigenvalue weighted by atomic mass is 32.2. The lowest BCUT2D eigenvalue weighted by atomic mass is 10.1. The number of hydrogen-bond acceptors (Lipinski definition) is 3. The maximum atomic E-state index is 10.8. The highest BCUT2D eigenvalue weighted by Crippen LogP contribution is 2.21. The van der Waals surface area contributed by atoms with Gasteiger partial charge >= 0.3 is 5.97 Å². The van der Waals surface area contributed by atoms with Crippen molar-refractivity contribution in [1.82, 2.24) is 4.90 Å². The minimum absolute atomic E-state index is 0.358. The minimum Gasteiger partial charge on any atom is -0.480 e. The molecule has 3 nitrogen and oxygen atoms in total. The minimum atomic E-state index is -0.718. The number of likely N-dealkylation sites (N-methyl/N-ethyl adjacent to an activating group) is 1. The molecule has 1 aliphatic rings. The van der Waals surface area contributed by atoms with Gasteiger partial charge in [-0.25, -0.2) is 0 Å². The highest BCUT2D eigenvalue weighted by Gasteiger charge is 2.24. The first kappa shape index (κ1) is 11.9. The van der Waals surface area contributed by atoms with Crippen LogP contribution in [-0.2, 0) is 4.79 Å². The van der Waals surface area contributed by atoms with Crippen LogP contribution in [0.1, 0.15) is 26.2 Å². The molecule has 0 spiro atoms. The Kier molecular flexibility index (Phi) is 4.75. The summed E-state index contributed by atoms with van der Waals surface area (Å²) in [5, 5.41) is 8.91. The molecule has 0 bridgehead atoms. The monoisotopic (exact) mass is 217 g/mol. The zero-order valence-corrected chi connectivity index (χ0v) is 9.72. The molecule has 82 valence electrons. The molecule has 1 N–H and O–H groups in total. The maximum absolute atomic E-state index is 10.8. The van der Waals surface area contributed by atoms with Crippen molar-refractivity contribution in [3.8, 4) is 0 Å². The van der Waals surface area contributed by atoms with Gasteiger partial charge in [0, 0.05) is 6.04 Å². The van der Waals surface area contributed by atoms with E-state index in [-0.39, 0.29) is 6.04 Å². The average molecular weight is 217 g/mol. The van der Waals surface area contributed by atoms with Gasteiger partial charge in [-0.1, -0.05) is 0 Å². The van der Waals surface area contributed by atoms with Crippen LogP contribution in [0.15, 0.2) is 0 Å². The van der Waals surface area contributed by atoms with Crippen LogP contribution in [0.2, 0.25) is 0 Å². The van der Waals surface area contributed by atoms with Crippen LogP contribution in [-0.4, -0.2) is 46.6 Å². The fourth-order valence-corrected chi connectivity index (χ4v) is 2.80. The van der Waals surface area contributed by atoms with E-state index in [1.165, 1.54) is 17.9 Å². The van der Waals surface area contributed by atoms with E-state index >= 15 is 0 Å². The van der Waals surface area contributed by atoms with Crippen LogP contribution in [0.5, 0.6) is 0 Å². The Bertz CT molecular complexity index is 191. The van der Waals surface area contributed by atoms with Crippen molar-refractivity contribution in [2.45, 2.75) is 38.3 Å². The van der Waals surface area contributed by atoms with Crippen LogP contribution in [0.3, 0.4) is 0 Å². The first-order valence-electron chi connectivity index (χ1n) is 5.15. The van der Waals surface area contributed by atoms with Crippen LogP contribution in [0.4, 0.5) is 0 Å². The van der Waals surface area contributed by atoms with E-state index in [1.54, 1.807) is 6.92 Å². The number of nitrogens with zero attached hydrogens (tertiary/aromatic N) is 1. The van der Waals surface area contributed by atoms with Gasteiger partial charge in [0.2, 0.25) is 0 Å². The molecule has 2 atom stereocenters. The second-order valence-electron chi connectivity index (χ2n) is 3.88. The van der Waals surface area contributed by atoms with Crippen molar-refractivity contribution >= 4 is 17.7 Å². The fourth-order valence-electron chi connectivity index (χ4n) is 1.78. The van der Waals surface area contributed by atoms with E-state index < -0.39 is 5.97 Å². The van der Waals surface area contributed by atoms with Gasteiger partial charge in [0.25, 0.3) is 0 Å². The Morgan fingerprint density at radius 3 is 2.86 bits per heavy atom. The molecule has 0 amide bonds. The van der Waals surface area contributed by atoms with Gasteiger partial charge in [-0.2, -0.15) is 11.8 Å². The third-order valence-electron chi connectivity index (χ3n) is 2.97. The summed E-state index contributed by atoms with van der Waals surface area (Å²) in [6, 6.07) is 0.0965. The molecule has 1 heterocycles. The summed E-state index contributed by atoms with van der Waals surface area (Å²) in [4.78, 5) is 12.8. The third-order valence-corrected chi connectivity index (χ3v) is 4.07. The summed E-state index contributed by atoms with van der Waals surface area (Å²) in [6.07, 6.45) is 3.48. The highest BCUT2D eigenvalue weighted by molar-refractivity contribution is 7.99. The summed E-state index contributed by atoms with van der Waals surface area (Å²) < 4.78 is 0. The molecule has 1 saturated heterocycles. The molecule has 0 aliphatic carbocycles. The predicted octanol–water partition coefficient (Wildman–Crippen LogP) is 1.68. The van der Waals surface area contributed by atoms with E-state index in [4.69, 9.17) is 5.11 Å². The van der Waals surface area contributed by atoms with Gasteiger partial charge in [-0.3, -0.25) is 9.69 Å². The zero-order valence-electron chi connectivity index (χ0n) is 8.90. The summed E-state index contributed by atoms with van der Waals surface area (Å²) in [5.41, 5.74) is 0. The molecule has 0 aromatic heterocycles. The second kappa shape index (κ2) is 5.61. The Morgan fingerprint density at radius 1 is 1.50 bits per heavy atom. The van der Waals surface area contributed by atoms with Crippen molar-refractivity contribution in [2.75, 3.05) is 18.6 Å². The number of carboxylic acid groups (broad SMARTS) is 1. The van der Waals surface area contributed by atoms with Crippen molar-refractivity contribution < 1.29 is 9.90 Å². The van der Waals surface area contributed by atoms with Crippen LogP contribution in [0, 0.1) is 0 Å².